The third kappa shape index (κ3) is 6.69. The van der Waals surface area contributed by atoms with Gasteiger partial charge in [0.25, 0.3) is 0 Å². The van der Waals surface area contributed by atoms with Gasteiger partial charge in [0.2, 0.25) is 0 Å². The minimum Gasteiger partial charge on any atom is -0.494 e. The van der Waals surface area contributed by atoms with Crippen LogP contribution < -0.4 is 20.2 Å². The van der Waals surface area contributed by atoms with E-state index in [1.54, 1.807) is 48.5 Å². The van der Waals surface area contributed by atoms with Crippen molar-refractivity contribution in [1.29, 1.82) is 0 Å². The van der Waals surface area contributed by atoms with Crippen molar-refractivity contribution in [3.05, 3.63) is 54.1 Å². The molecule has 8 heteroatoms. The highest BCUT2D eigenvalue weighted by Crippen LogP contribution is 2.15. The lowest BCUT2D eigenvalue weighted by Gasteiger charge is -2.10. The maximum Gasteiger partial charge on any atom is 0.344 e. The smallest absolute Gasteiger partial charge is 0.344 e. The van der Waals surface area contributed by atoms with Crippen LogP contribution in [0.25, 0.3) is 0 Å². The molecule has 2 aromatic carbocycles. The van der Waals surface area contributed by atoms with Crippen LogP contribution in [0.2, 0.25) is 0 Å². The molecule has 0 saturated carbocycles. The Bertz CT molecular complexity index is 788. The van der Waals surface area contributed by atoms with Crippen molar-refractivity contribution in [3.63, 3.8) is 0 Å². The summed E-state index contributed by atoms with van der Waals surface area (Å²) in [6.45, 7) is 3.92. The number of carboxylic acids is 1. The van der Waals surface area contributed by atoms with Crippen LogP contribution in [0, 0.1) is 0 Å². The molecule has 0 heterocycles. The Morgan fingerprint density at radius 1 is 1.11 bits per heavy atom. The average molecular weight is 371 g/mol. The lowest BCUT2D eigenvalue weighted by atomic mass is 10.2. The molecule has 0 saturated heterocycles. The molecule has 0 aliphatic rings. The number of carbonyl (C=O) groups is 2. The van der Waals surface area contributed by atoms with E-state index in [4.69, 9.17) is 14.6 Å². The van der Waals surface area contributed by atoms with Crippen LogP contribution >= 0.6 is 0 Å². The molecule has 142 valence electrons. The molecular formula is C19H21N3O5. The quantitative estimate of drug-likeness (QED) is 0.488. The molecule has 0 radical (unpaired) electrons. The normalized spacial score (nSPS) is 11.6. The monoisotopic (exact) mass is 371 g/mol. The van der Waals surface area contributed by atoms with Gasteiger partial charge < -0.3 is 19.9 Å². The maximum atomic E-state index is 11.8. The minimum absolute atomic E-state index is 0.434. The number of amides is 2. The van der Waals surface area contributed by atoms with Gasteiger partial charge in [-0.25, -0.2) is 15.0 Å². The number of benzene rings is 2. The van der Waals surface area contributed by atoms with E-state index in [1.165, 1.54) is 13.1 Å². The van der Waals surface area contributed by atoms with Gasteiger partial charge in [0, 0.05) is 5.69 Å². The number of ether oxygens (including phenoxy) is 2. The highest BCUT2D eigenvalue weighted by molar-refractivity contribution is 5.90. The largest absolute Gasteiger partial charge is 0.494 e. The van der Waals surface area contributed by atoms with Crippen LogP contribution in [0.4, 0.5) is 10.5 Å². The number of hydrogen-bond acceptors (Lipinski definition) is 5. The molecule has 1 atom stereocenters. The summed E-state index contributed by atoms with van der Waals surface area (Å²) in [5.74, 6) is 0.123. The van der Waals surface area contributed by atoms with Crippen molar-refractivity contribution in [2.24, 2.45) is 5.10 Å². The van der Waals surface area contributed by atoms with Crippen LogP contribution in [0.15, 0.2) is 53.6 Å². The number of nitrogens with one attached hydrogen (secondary N) is 2. The first-order valence-corrected chi connectivity index (χ1v) is 8.30. The molecule has 0 aliphatic carbocycles. The first-order chi connectivity index (χ1) is 13.0. The Morgan fingerprint density at radius 2 is 1.74 bits per heavy atom. The van der Waals surface area contributed by atoms with Crippen molar-refractivity contribution in [2.45, 2.75) is 20.0 Å². The Labute approximate surface area is 156 Å². The predicted molar refractivity (Wildman–Crippen MR) is 102 cm³/mol. The fourth-order valence-corrected chi connectivity index (χ4v) is 2.01. The van der Waals surface area contributed by atoms with Gasteiger partial charge in [-0.3, -0.25) is 0 Å². The first-order valence-electron chi connectivity index (χ1n) is 8.30. The Balaban J connectivity index is 1.82. The number of urea groups is 1. The zero-order valence-corrected chi connectivity index (χ0v) is 15.0. The third-order valence-corrected chi connectivity index (χ3v) is 3.34. The van der Waals surface area contributed by atoms with Crippen molar-refractivity contribution >= 4 is 23.9 Å². The van der Waals surface area contributed by atoms with Crippen molar-refractivity contribution in [1.82, 2.24) is 5.43 Å². The van der Waals surface area contributed by atoms with E-state index in [0.29, 0.717) is 23.6 Å². The molecule has 0 unspecified atom stereocenters. The summed E-state index contributed by atoms with van der Waals surface area (Å²) in [7, 11) is 0. The number of rotatable bonds is 8. The molecule has 3 N–H and O–H groups in total. The molecule has 0 fully saturated rings. The van der Waals surface area contributed by atoms with E-state index in [0.717, 1.165) is 5.75 Å². The standard InChI is InChI=1S/C19H21N3O5/c1-3-26-16-10-6-15(7-11-16)21-19(25)22-20-12-14-4-8-17(9-5-14)27-13(2)18(23)24/h4-13H,3H2,1-2H3,(H,23,24)(H2,21,22,25)/b20-12+/t13-/m0/s1. The Hall–Kier alpha value is -3.55. The number of carbonyl (C=O) groups excluding carboxylic acids is 1. The summed E-state index contributed by atoms with van der Waals surface area (Å²) in [6, 6.07) is 13.1. The average Bonchev–Trinajstić information content (AvgIpc) is 2.65. The van der Waals surface area contributed by atoms with Gasteiger partial charge in [0.1, 0.15) is 11.5 Å². The van der Waals surface area contributed by atoms with E-state index in [1.807, 2.05) is 6.92 Å². The van der Waals surface area contributed by atoms with E-state index >= 15 is 0 Å². The summed E-state index contributed by atoms with van der Waals surface area (Å²) in [4.78, 5) is 22.6. The predicted octanol–water partition coefficient (Wildman–Crippen LogP) is 3.09. The lowest BCUT2D eigenvalue weighted by Crippen LogP contribution is -2.24. The number of aliphatic carboxylic acids is 1. The number of nitrogens with zero attached hydrogens (tertiary/aromatic N) is 1. The fraction of sp³-hybridized carbons (Fsp3) is 0.211. The molecule has 8 nitrogen and oxygen atoms in total. The SMILES string of the molecule is CCOc1ccc(NC(=O)N/N=C/c2ccc(O[C@@H](C)C(=O)O)cc2)cc1. The molecule has 2 amide bonds. The maximum absolute atomic E-state index is 11.8. The molecule has 2 aromatic rings. The zero-order valence-electron chi connectivity index (χ0n) is 15.0. The van der Waals surface area contributed by atoms with E-state index in [2.05, 4.69) is 15.8 Å². The van der Waals surface area contributed by atoms with Crippen LogP contribution in [-0.2, 0) is 4.79 Å². The number of anilines is 1. The molecule has 0 spiro atoms. The number of carboxylic acid groups (broad SMARTS) is 1. The lowest BCUT2D eigenvalue weighted by molar-refractivity contribution is -0.144. The summed E-state index contributed by atoms with van der Waals surface area (Å²) in [5, 5.41) is 15.3. The van der Waals surface area contributed by atoms with Gasteiger partial charge in [-0.15, -0.1) is 0 Å². The van der Waals surface area contributed by atoms with Crippen LogP contribution in [0.3, 0.4) is 0 Å². The van der Waals surface area contributed by atoms with Crippen LogP contribution in [-0.4, -0.2) is 36.0 Å². The number of hydrazone groups is 1. The second-order valence-electron chi connectivity index (χ2n) is 5.45. The van der Waals surface area contributed by atoms with Crippen LogP contribution in [0.1, 0.15) is 19.4 Å². The summed E-state index contributed by atoms with van der Waals surface area (Å²) < 4.78 is 10.6. The van der Waals surface area contributed by atoms with Crippen molar-refractivity contribution < 1.29 is 24.2 Å². The highest BCUT2D eigenvalue weighted by Gasteiger charge is 2.11. The van der Waals surface area contributed by atoms with Gasteiger partial charge in [0.15, 0.2) is 6.10 Å². The highest BCUT2D eigenvalue weighted by atomic mass is 16.5. The Kier molecular flexibility index (Phi) is 7.18. The van der Waals surface area contributed by atoms with Crippen molar-refractivity contribution in [2.75, 3.05) is 11.9 Å². The first kappa shape index (κ1) is 19.8. The molecule has 0 aromatic heterocycles. The topological polar surface area (TPSA) is 109 Å². The second kappa shape index (κ2) is 9.81. The van der Waals surface area contributed by atoms with Gasteiger partial charge in [-0.05, 0) is 67.9 Å². The Morgan fingerprint density at radius 3 is 2.33 bits per heavy atom. The second-order valence-corrected chi connectivity index (χ2v) is 5.45. The van der Waals surface area contributed by atoms with Gasteiger partial charge in [0.05, 0.1) is 12.8 Å². The van der Waals surface area contributed by atoms with E-state index in [-0.39, 0.29) is 0 Å². The van der Waals surface area contributed by atoms with Crippen LogP contribution in [0.5, 0.6) is 11.5 Å². The van der Waals surface area contributed by atoms with Crippen molar-refractivity contribution in [3.8, 4) is 11.5 Å². The van der Waals surface area contributed by atoms with E-state index in [9.17, 15) is 9.59 Å². The fourth-order valence-electron chi connectivity index (χ4n) is 2.01. The van der Waals surface area contributed by atoms with Gasteiger partial charge in [-0.2, -0.15) is 5.10 Å². The molecular weight excluding hydrogens is 350 g/mol. The molecule has 0 bridgehead atoms. The van der Waals surface area contributed by atoms with Gasteiger partial charge in [-0.1, -0.05) is 0 Å². The third-order valence-electron chi connectivity index (χ3n) is 3.34. The molecule has 27 heavy (non-hydrogen) atoms. The summed E-state index contributed by atoms with van der Waals surface area (Å²) in [6.07, 6.45) is 0.528. The number of hydrogen-bond donors (Lipinski definition) is 3. The summed E-state index contributed by atoms with van der Waals surface area (Å²) in [5.41, 5.74) is 3.69. The van der Waals surface area contributed by atoms with Gasteiger partial charge >= 0.3 is 12.0 Å². The van der Waals surface area contributed by atoms with E-state index < -0.39 is 18.1 Å². The molecule has 0 aliphatic heterocycles. The zero-order chi connectivity index (χ0) is 19.6. The minimum atomic E-state index is -1.04. The molecule has 2 rings (SSSR count). The summed E-state index contributed by atoms with van der Waals surface area (Å²) >= 11 is 0.